The number of aryl methyl sites for hydroxylation is 1. The highest BCUT2D eigenvalue weighted by molar-refractivity contribution is 5.88. The first-order chi connectivity index (χ1) is 11.0. The predicted molar refractivity (Wildman–Crippen MR) is 93.3 cm³/mol. The fraction of sp³-hybridized carbons (Fsp3) is 0.350. The summed E-state index contributed by atoms with van der Waals surface area (Å²) >= 11 is 0. The van der Waals surface area contributed by atoms with Crippen LogP contribution in [0.25, 0.3) is 11.0 Å². The molecular weight excluding hydrogens is 288 g/mol. The van der Waals surface area contributed by atoms with Crippen molar-refractivity contribution in [2.45, 2.75) is 39.0 Å². The van der Waals surface area contributed by atoms with E-state index in [1.165, 1.54) is 5.57 Å². The zero-order valence-corrected chi connectivity index (χ0v) is 13.9. The van der Waals surface area contributed by atoms with Crippen molar-refractivity contribution in [1.29, 1.82) is 0 Å². The molecule has 23 heavy (non-hydrogen) atoms. The molecule has 0 aliphatic carbocycles. The molecule has 0 amide bonds. The molecule has 1 aromatic carbocycles. The van der Waals surface area contributed by atoms with Crippen molar-refractivity contribution >= 4 is 11.0 Å². The molecule has 0 fully saturated rings. The van der Waals surface area contributed by atoms with E-state index in [-0.39, 0.29) is 5.63 Å². The quantitative estimate of drug-likeness (QED) is 0.609. The Labute approximate surface area is 136 Å². The third kappa shape index (κ3) is 2.50. The third-order valence-corrected chi connectivity index (χ3v) is 4.60. The van der Waals surface area contributed by atoms with Crippen LogP contribution < -0.4 is 10.4 Å². The Morgan fingerprint density at radius 1 is 1.39 bits per heavy atom. The lowest BCUT2D eigenvalue weighted by Gasteiger charge is -2.22. The Balaban J connectivity index is 2.18. The van der Waals surface area contributed by atoms with E-state index in [9.17, 15) is 4.79 Å². The highest BCUT2D eigenvalue weighted by Crippen LogP contribution is 2.45. The zero-order valence-electron chi connectivity index (χ0n) is 13.9. The van der Waals surface area contributed by atoms with Gasteiger partial charge in [0.05, 0.1) is 16.4 Å². The van der Waals surface area contributed by atoms with Gasteiger partial charge in [-0.2, -0.15) is 0 Å². The largest absolute Gasteiger partial charge is 0.491 e. The van der Waals surface area contributed by atoms with E-state index in [1.807, 2.05) is 31.2 Å². The molecule has 0 unspecified atom stereocenters. The Hall–Kier alpha value is -2.29. The van der Waals surface area contributed by atoms with Crippen molar-refractivity contribution in [1.82, 2.24) is 0 Å². The monoisotopic (exact) mass is 310 g/mol. The van der Waals surface area contributed by atoms with Gasteiger partial charge in [-0.05, 0) is 45.2 Å². The van der Waals surface area contributed by atoms with Crippen LogP contribution in [-0.4, -0.2) is 6.61 Å². The van der Waals surface area contributed by atoms with Gasteiger partial charge in [0, 0.05) is 0 Å². The highest BCUT2D eigenvalue weighted by atomic mass is 16.5. The summed E-state index contributed by atoms with van der Waals surface area (Å²) in [6, 6.07) is 5.70. The van der Waals surface area contributed by atoms with Crippen LogP contribution in [0.15, 0.2) is 51.7 Å². The number of ether oxygens (including phenoxy) is 1. The Bertz CT molecular complexity index is 853. The molecule has 0 spiro atoms. The average Bonchev–Trinajstić information content (AvgIpc) is 2.88. The van der Waals surface area contributed by atoms with Gasteiger partial charge in [-0.1, -0.05) is 29.9 Å². The number of allylic oxidation sites excluding steroid dienone is 2. The summed E-state index contributed by atoms with van der Waals surface area (Å²) in [5, 5.41) is 0.896. The average molecular weight is 310 g/mol. The summed E-state index contributed by atoms with van der Waals surface area (Å²) in [7, 11) is 0. The SMILES string of the molecule is C=C[C@]1(CCC=C(C)C)COc2c1c(=O)oc1cccc(C)c21. The smallest absolute Gasteiger partial charge is 0.344 e. The number of rotatable bonds is 4. The van der Waals surface area contributed by atoms with E-state index in [2.05, 4.69) is 26.5 Å². The molecule has 3 heteroatoms. The summed E-state index contributed by atoms with van der Waals surface area (Å²) < 4.78 is 11.6. The van der Waals surface area contributed by atoms with Crippen molar-refractivity contribution in [3.05, 3.63) is 64.1 Å². The lowest BCUT2D eigenvalue weighted by Crippen LogP contribution is -2.29. The minimum atomic E-state index is -0.474. The molecule has 3 nitrogen and oxygen atoms in total. The minimum Gasteiger partial charge on any atom is -0.491 e. The van der Waals surface area contributed by atoms with Crippen LogP contribution in [0.1, 0.15) is 37.8 Å². The summed E-state index contributed by atoms with van der Waals surface area (Å²) in [5.41, 5.74) is 2.73. The van der Waals surface area contributed by atoms with Crippen LogP contribution in [0.2, 0.25) is 0 Å². The molecule has 3 rings (SSSR count). The maximum absolute atomic E-state index is 12.6. The molecule has 2 heterocycles. The highest BCUT2D eigenvalue weighted by Gasteiger charge is 2.42. The molecule has 1 aliphatic heterocycles. The van der Waals surface area contributed by atoms with Gasteiger partial charge in [0.25, 0.3) is 0 Å². The van der Waals surface area contributed by atoms with E-state index in [0.29, 0.717) is 23.5 Å². The molecule has 2 aromatic rings. The van der Waals surface area contributed by atoms with Gasteiger partial charge < -0.3 is 9.15 Å². The van der Waals surface area contributed by atoms with E-state index in [1.54, 1.807) is 0 Å². The fourth-order valence-corrected chi connectivity index (χ4v) is 3.31. The molecule has 120 valence electrons. The van der Waals surface area contributed by atoms with Gasteiger partial charge in [-0.3, -0.25) is 0 Å². The summed E-state index contributed by atoms with van der Waals surface area (Å²) in [5.74, 6) is 0.673. The molecule has 1 atom stereocenters. The predicted octanol–water partition coefficient (Wildman–Crippen LogP) is 4.66. The minimum absolute atomic E-state index is 0.312. The van der Waals surface area contributed by atoms with Crippen LogP contribution in [0.3, 0.4) is 0 Å². The van der Waals surface area contributed by atoms with E-state index >= 15 is 0 Å². The molecule has 1 aliphatic rings. The lowest BCUT2D eigenvalue weighted by molar-refractivity contribution is 0.290. The van der Waals surface area contributed by atoms with Gasteiger partial charge in [0.15, 0.2) is 0 Å². The third-order valence-electron chi connectivity index (χ3n) is 4.60. The first kappa shape index (κ1) is 15.6. The van der Waals surface area contributed by atoms with E-state index in [4.69, 9.17) is 9.15 Å². The van der Waals surface area contributed by atoms with Crippen LogP contribution in [-0.2, 0) is 5.41 Å². The molecule has 0 N–H and O–H groups in total. The van der Waals surface area contributed by atoms with Crippen molar-refractivity contribution < 1.29 is 9.15 Å². The maximum atomic E-state index is 12.6. The van der Waals surface area contributed by atoms with Gasteiger partial charge >= 0.3 is 5.63 Å². The van der Waals surface area contributed by atoms with Gasteiger partial charge in [0.1, 0.15) is 17.9 Å². The van der Waals surface area contributed by atoms with Crippen molar-refractivity contribution in [3.8, 4) is 5.75 Å². The van der Waals surface area contributed by atoms with Crippen LogP contribution in [0.4, 0.5) is 0 Å². The normalized spacial score (nSPS) is 19.3. The summed E-state index contributed by atoms with van der Waals surface area (Å²) in [6.07, 6.45) is 5.69. The molecule has 0 saturated heterocycles. The number of benzene rings is 1. The van der Waals surface area contributed by atoms with Gasteiger partial charge in [0.2, 0.25) is 0 Å². The number of hydrogen-bond acceptors (Lipinski definition) is 3. The molecular formula is C20H22O3. The Morgan fingerprint density at radius 2 is 2.17 bits per heavy atom. The fourth-order valence-electron chi connectivity index (χ4n) is 3.31. The maximum Gasteiger partial charge on any atom is 0.344 e. The topological polar surface area (TPSA) is 39.4 Å². The second kappa shape index (κ2) is 5.73. The zero-order chi connectivity index (χ0) is 16.6. The standard InChI is InChI=1S/C20H22O3/c1-5-20(11-7-8-13(2)3)12-22-18-16-14(4)9-6-10-15(16)23-19(21)17(18)20/h5-6,8-10H,1,7,11-12H2,2-4H3/t20-/m0/s1. The summed E-state index contributed by atoms with van der Waals surface area (Å²) in [4.78, 5) is 12.6. The van der Waals surface area contributed by atoms with Crippen molar-refractivity contribution in [2.24, 2.45) is 0 Å². The molecule has 1 aromatic heterocycles. The summed E-state index contributed by atoms with van der Waals surface area (Å²) in [6.45, 7) is 10.6. The molecule has 0 bridgehead atoms. The number of hydrogen-bond donors (Lipinski definition) is 0. The first-order valence-electron chi connectivity index (χ1n) is 7.95. The number of fused-ring (bicyclic) bond motifs is 3. The lowest BCUT2D eigenvalue weighted by atomic mass is 9.78. The van der Waals surface area contributed by atoms with Crippen LogP contribution in [0, 0.1) is 6.92 Å². The van der Waals surface area contributed by atoms with Gasteiger partial charge in [-0.25, -0.2) is 4.79 Å². The first-order valence-corrected chi connectivity index (χ1v) is 7.95. The second-order valence-corrected chi connectivity index (χ2v) is 6.51. The van der Waals surface area contributed by atoms with Crippen molar-refractivity contribution in [3.63, 3.8) is 0 Å². The Kier molecular flexibility index (Phi) is 3.88. The second-order valence-electron chi connectivity index (χ2n) is 6.51. The van der Waals surface area contributed by atoms with E-state index < -0.39 is 5.41 Å². The van der Waals surface area contributed by atoms with Crippen LogP contribution >= 0.6 is 0 Å². The van der Waals surface area contributed by atoms with Crippen LogP contribution in [0.5, 0.6) is 5.75 Å². The molecule has 0 saturated carbocycles. The van der Waals surface area contributed by atoms with E-state index in [0.717, 1.165) is 23.8 Å². The molecule has 0 radical (unpaired) electrons. The van der Waals surface area contributed by atoms with Crippen molar-refractivity contribution in [2.75, 3.05) is 6.61 Å². The Morgan fingerprint density at radius 3 is 2.87 bits per heavy atom. The van der Waals surface area contributed by atoms with Gasteiger partial charge in [-0.15, -0.1) is 6.58 Å².